The Hall–Kier alpha value is -1.39. The first kappa shape index (κ1) is 15.0. The zero-order valence-electron chi connectivity index (χ0n) is 12.2. The molecule has 1 saturated heterocycles. The van der Waals surface area contributed by atoms with Crippen LogP contribution in [0.1, 0.15) is 35.2 Å². The molecule has 0 bridgehead atoms. The molecule has 110 valence electrons. The van der Waals surface area contributed by atoms with Gasteiger partial charge < -0.3 is 15.4 Å². The van der Waals surface area contributed by atoms with Gasteiger partial charge in [-0.25, -0.2) is 0 Å². The number of likely N-dealkylation sites (N-methyl/N-ethyl adjacent to an activating group) is 1. The van der Waals surface area contributed by atoms with Crippen LogP contribution in [-0.4, -0.2) is 38.8 Å². The van der Waals surface area contributed by atoms with Gasteiger partial charge in [0.25, 0.3) is 5.91 Å². The van der Waals surface area contributed by atoms with Crippen LogP contribution in [-0.2, 0) is 11.2 Å². The van der Waals surface area contributed by atoms with Crippen LogP contribution in [0.5, 0.6) is 0 Å². The molecule has 0 aliphatic carbocycles. The van der Waals surface area contributed by atoms with Gasteiger partial charge in [-0.15, -0.1) is 0 Å². The standard InChI is InChI=1S/C16H24N2O2/c1-17-10-8-13-5-2-3-7-15(13)16(19)18-11-9-14-6-4-12-20-14/h2-3,5,7,14,17H,4,6,8-12H2,1H3,(H,18,19). The van der Waals surface area contributed by atoms with E-state index in [1.54, 1.807) is 0 Å². The Bertz CT molecular complexity index is 428. The Kier molecular flexibility index (Phi) is 6.02. The molecule has 2 N–H and O–H groups in total. The maximum Gasteiger partial charge on any atom is 0.251 e. The minimum Gasteiger partial charge on any atom is -0.378 e. The lowest BCUT2D eigenvalue weighted by Gasteiger charge is -2.12. The number of amides is 1. The van der Waals surface area contributed by atoms with Crippen LogP contribution >= 0.6 is 0 Å². The largest absolute Gasteiger partial charge is 0.378 e. The number of rotatable bonds is 7. The van der Waals surface area contributed by atoms with Gasteiger partial charge in [-0.2, -0.15) is 0 Å². The van der Waals surface area contributed by atoms with Crippen molar-refractivity contribution in [1.82, 2.24) is 10.6 Å². The molecule has 1 heterocycles. The SMILES string of the molecule is CNCCc1ccccc1C(=O)NCCC1CCCO1. The number of hydrogen-bond acceptors (Lipinski definition) is 3. The fourth-order valence-corrected chi connectivity index (χ4v) is 2.53. The van der Waals surface area contributed by atoms with Gasteiger partial charge in [0, 0.05) is 18.7 Å². The van der Waals surface area contributed by atoms with Gasteiger partial charge in [-0.05, 0) is 50.9 Å². The third-order valence-electron chi connectivity index (χ3n) is 3.68. The van der Waals surface area contributed by atoms with Crippen molar-refractivity contribution >= 4 is 5.91 Å². The van der Waals surface area contributed by atoms with Crippen molar-refractivity contribution in [1.29, 1.82) is 0 Å². The van der Waals surface area contributed by atoms with Crippen LogP contribution in [0.3, 0.4) is 0 Å². The Morgan fingerprint density at radius 2 is 2.20 bits per heavy atom. The summed E-state index contributed by atoms with van der Waals surface area (Å²) in [6, 6.07) is 7.81. The van der Waals surface area contributed by atoms with E-state index in [0.717, 1.165) is 50.0 Å². The van der Waals surface area contributed by atoms with Crippen LogP contribution in [0.4, 0.5) is 0 Å². The van der Waals surface area contributed by atoms with Gasteiger partial charge in [-0.3, -0.25) is 4.79 Å². The van der Waals surface area contributed by atoms with Gasteiger partial charge in [0.05, 0.1) is 6.10 Å². The molecule has 0 saturated carbocycles. The zero-order chi connectivity index (χ0) is 14.2. The number of hydrogen-bond donors (Lipinski definition) is 2. The third-order valence-corrected chi connectivity index (χ3v) is 3.68. The van der Waals surface area contributed by atoms with Crippen molar-refractivity contribution in [2.45, 2.75) is 31.8 Å². The van der Waals surface area contributed by atoms with E-state index in [9.17, 15) is 4.79 Å². The van der Waals surface area contributed by atoms with Crippen LogP contribution < -0.4 is 10.6 Å². The van der Waals surface area contributed by atoms with Crippen LogP contribution in [0, 0.1) is 0 Å². The summed E-state index contributed by atoms with van der Waals surface area (Å²) in [5.41, 5.74) is 1.88. The monoisotopic (exact) mass is 276 g/mol. The van der Waals surface area contributed by atoms with Crippen molar-refractivity contribution in [3.05, 3.63) is 35.4 Å². The lowest BCUT2D eigenvalue weighted by Crippen LogP contribution is -2.28. The van der Waals surface area contributed by atoms with Crippen molar-refractivity contribution in [3.8, 4) is 0 Å². The van der Waals surface area contributed by atoms with Crippen molar-refractivity contribution < 1.29 is 9.53 Å². The molecule has 1 aromatic carbocycles. The Morgan fingerprint density at radius 3 is 2.95 bits per heavy atom. The highest BCUT2D eigenvalue weighted by atomic mass is 16.5. The van der Waals surface area contributed by atoms with E-state index in [1.165, 1.54) is 0 Å². The smallest absolute Gasteiger partial charge is 0.251 e. The third kappa shape index (κ3) is 4.32. The average molecular weight is 276 g/mol. The van der Waals surface area contributed by atoms with Gasteiger partial charge in [0.15, 0.2) is 0 Å². The second-order valence-electron chi connectivity index (χ2n) is 5.19. The number of carbonyl (C=O) groups is 1. The van der Waals surface area contributed by atoms with E-state index < -0.39 is 0 Å². The van der Waals surface area contributed by atoms with Crippen LogP contribution in [0.15, 0.2) is 24.3 Å². The zero-order valence-corrected chi connectivity index (χ0v) is 12.2. The van der Waals surface area contributed by atoms with E-state index in [-0.39, 0.29) is 5.91 Å². The summed E-state index contributed by atoms with van der Waals surface area (Å²) >= 11 is 0. The molecule has 1 unspecified atom stereocenters. The molecule has 1 aromatic rings. The summed E-state index contributed by atoms with van der Waals surface area (Å²) in [5, 5.41) is 6.12. The van der Waals surface area contributed by atoms with Crippen molar-refractivity contribution in [2.24, 2.45) is 0 Å². The quantitative estimate of drug-likeness (QED) is 0.797. The second kappa shape index (κ2) is 8.02. The molecule has 0 radical (unpaired) electrons. The van der Waals surface area contributed by atoms with E-state index in [0.29, 0.717) is 12.6 Å². The summed E-state index contributed by atoms with van der Waals surface area (Å²) in [7, 11) is 1.92. The Morgan fingerprint density at radius 1 is 1.35 bits per heavy atom. The van der Waals surface area contributed by atoms with Gasteiger partial charge in [0.2, 0.25) is 0 Å². The minimum absolute atomic E-state index is 0.0229. The molecule has 20 heavy (non-hydrogen) atoms. The summed E-state index contributed by atoms with van der Waals surface area (Å²) in [5.74, 6) is 0.0229. The number of benzene rings is 1. The van der Waals surface area contributed by atoms with Gasteiger partial charge in [-0.1, -0.05) is 18.2 Å². The Balaban J connectivity index is 1.84. The van der Waals surface area contributed by atoms with Gasteiger partial charge in [0.1, 0.15) is 0 Å². The summed E-state index contributed by atoms with van der Waals surface area (Å²) in [4.78, 5) is 12.2. The molecule has 1 aliphatic rings. The highest BCUT2D eigenvalue weighted by molar-refractivity contribution is 5.95. The molecule has 1 atom stereocenters. The predicted octanol–water partition coefficient (Wildman–Crippen LogP) is 1.75. The van der Waals surface area contributed by atoms with E-state index in [1.807, 2.05) is 31.3 Å². The Labute approximate surface area is 120 Å². The van der Waals surface area contributed by atoms with Crippen molar-refractivity contribution in [2.75, 3.05) is 26.7 Å². The average Bonchev–Trinajstić information content (AvgIpc) is 2.98. The molecule has 1 fully saturated rings. The normalized spacial score (nSPS) is 18.1. The first-order valence-electron chi connectivity index (χ1n) is 7.43. The molecular weight excluding hydrogens is 252 g/mol. The van der Waals surface area contributed by atoms with E-state index in [4.69, 9.17) is 4.74 Å². The first-order chi connectivity index (χ1) is 9.81. The van der Waals surface area contributed by atoms with Crippen molar-refractivity contribution in [3.63, 3.8) is 0 Å². The summed E-state index contributed by atoms with van der Waals surface area (Å²) in [6.45, 7) is 2.43. The maximum atomic E-state index is 12.2. The molecule has 0 spiro atoms. The molecule has 4 heteroatoms. The summed E-state index contributed by atoms with van der Waals surface area (Å²) < 4.78 is 5.56. The fourth-order valence-electron chi connectivity index (χ4n) is 2.53. The topological polar surface area (TPSA) is 50.4 Å². The number of carbonyl (C=O) groups excluding carboxylic acids is 1. The number of ether oxygens (including phenoxy) is 1. The molecule has 0 aromatic heterocycles. The fraction of sp³-hybridized carbons (Fsp3) is 0.562. The van der Waals surface area contributed by atoms with Crippen LogP contribution in [0.2, 0.25) is 0 Å². The molecule has 4 nitrogen and oxygen atoms in total. The first-order valence-corrected chi connectivity index (χ1v) is 7.43. The van der Waals surface area contributed by atoms with E-state index >= 15 is 0 Å². The lowest BCUT2D eigenvalue weighted by atomic mass is 10.0. The highest BCUT2D eigenvalue weighted by Crippen LogP contribution is 2.14. The molecular formula is C16H24N2O2. The molecule has 1 aliphatic heterocycles. The molecule has 2 rings (SSSR count). The van der Waals surface area contributed by atoms with E-state index in [2.05, 4.69) is 10.6 Å². The second-order valence-corrected chi connectivity index (χ2v) is 5.19. The predicted molar refractivity (Wildman–Crippen MR) is 80.0 cm³/mol. The minimum atomic E-state index is 0.0229. The lowest BCUT2D eigenvalue weighted by molar-refractivity contribution is 0.0906. The highest BCUT2D eigenvalue weighted by Gasteiger charge is 2.16. The van der Waals surface area contributed by atoms with Crippen LogP contribution in [0.25, 0.3) is 0 Å². The summed E-state index contributed by atoms with van der Waals surface area (Å²) in [6.07, 6.45) is 4.37. The molecule has 1 amide bonds. The maximum absolute atomic E-state index is 12.2. The van der Waals surface area contributed by atoms with Gasteiger partial charge >= 0.3 is 0 Å². The number of nitrogens with one attached hydrogen (secondary N) is 2.